The molecule has 0 bridgehead atoms. The van der Waals surface area contributed by atoms with E-state index in [2.05, 4.69) is 0 Å². The van der Waals surface area contributed by atoms with E-state index >= 15 is 0 Å². The van der Waals surface area contributed by atoms with Crippen molar-refractivity contribution in [2.24, 2.45) is 0 Å². The normalized spacial score (nSPS) is 15.3. The number of amides is 2. The third kappa shape index (κ3) is 3.46. The highest BCUT2D eigenvalue weighted by atomic mass is 16.5. The molecule has 0 fully saturated rings. The number of carboxylic acid groups (broad SMARTS) is 2. The molecule has 0 saturated carbocycles. The van der Waals surface area contributed by atoms with Gasteiger partial charge in [0.1, 0.15) is 6.10 Å². The lowest BCUT2D eigenvalue weighted by Crippen LogP contribution is -2.52. The van der Waals surface area contributed by atoms with E-state index in [1.807, 2.05) is 0 Å². The standard InChI is InChI=1S/C7H9NO10/c9-1(3(11)6(14)15)2(10)4(12)8(18)5(13)7(16)17/h1-3,9-11,18H,(H,14,15)(H,16,17)/t1-,2-,3?/m0/s1. The zero-order chi connectivity index (χ0) is 14.6. The number of carbonyl (C=O) groups is 4. The molecule has 2 amide bonds. The number of hydrogen-bond acceptors (Lipinski definition) is 8. The molecule has 1 unspecified atom stereocenters. The van der Waals surface area contributed by atoms with E-state index in [4.69, 9.17) is 30.7 Å². The monoisotopic (exact) mass is 267 g/mol. The molecule has 18 heavy (non-hydrogen) atoms. The van der Waals surface area contributed by atoms with Crippen LogP contribution in [-0.4, -0.2) is 77.9 Å². The summed E-state index contributed by atoms with van der Waals surface area (Å²) in [6.07, 6.45) is -7.84. The summed E-state index contributed by atoms with van der Waals surface area (Å²) in [5.41, 5.74) is 0. The number of aliphatic hydroxyl groups is 3. The Morgan fingerprint density at radius 1 is 0.889 bits per heavy atom. The van der Waals surface area contributed by atoms with Crippen LogP contribution in [0.1, 0.15) is 0 Å². The molecule has 0 aliphatic heterocycles. The van der Waals surface area contributed by atoms with Crippen molar-refractivity contribution in [1.29, 1.82) is 0 Å². The fourth-order valence-corrected chi connectivity index (χ4v) is 0.781. The number of rotatable bonds is 4. The number of hydrogen-bond donors (Lipinski definition) is 6. The molecule has 11 nitrogen and oxygen atoms in total. The number of carboxylic acids is 2. The topological polar surface area (TPSA) is 193 Å². The maximum absolute atomic E-state index is 11.0. The van der Waals surface area contributed by atoms with Gasteiger partial charge in [-0.25, -0.2) is 9.59 Å². The zero-order valence-corrected chi connectivity index (χ0v) is 8.50. The van der Waals surface area contributed by atoms with Gasteiger partial charge in [-0.05, 0) is 0 Å². The van der Waals surface area contributed by atoms with E-state index in [0.29, 0.717) is 0 Å². The molecule has 0 radical (unpaired) electrons. The van der Waals surface area contributed by atoms with Crippen molar-refractivity contribution in [3.05, 3.63) is 0 Å². The van der Waals surface area contributed by atoms with Crippen LogP contribution in [0.15, 0.2) is 0 Å². The van der Waals surface area contributed by atoms with Crippen molar-refractivity contribution in [2.75, 3.05) is 0 Å². The highest BCUT2D eigenvalue weighted by molar-refractivity contribution is 6.34. The number of imide groups is 1. The molecule has 0 heterocycles. The van der Waals surface area contributed by atoms with E-state index < -0.39 is 47.1 Å². The molecular weight excluding hydrogens is 258 g/mol. The number of nitrogens with zero attached hydrogens (tertiary/aromatic N) is 1. The van der Waals surface area contributed by atoms with Gasteiger partial charge < -0.3 is 25.5 Å². The predicted molar refractivity (Wildman–Crippen MR) is 46.9 cm³/mol. The average molecular weight is 267 g/mol. The van der Waals surface area contributed by atoms with Crippen molar-refractivity contribution >= 4 is 23.8 Å². The maximum atomic E-state index is 11.0. The lowest BCUT2D eigenvalue weighted by molar-refractivity contribution is -0.196. The minimum atomic E-state index is -2.70. The van der Waals surface area contributed by atoms with Gasteiger partial charge in [0.25, 0.3) is 5.91 Å². The average Bonchev–Trinajstić information content (AvgIpc) is 2.32. The third-order valence-corrected chi connectivity index (χ3v) is 1.74. The lowest BCUT2D eigenvalue weighted by Gasteiger charge is -2.21. The number of carbonyl (C=O) groups excluding carboxylic acids is 2. The Balaban J connectivity index is 4.84. The van der Waals surface area contributed by atoms with Crippen molar-refractivity contribution in [1.82, 2.24) is 5.06 Å². The van der Waals surface area contributed by atoms with Crippen LogP contribution < -0.4 is 0 Å². The van der Waals surface area contributed by atoms with E-state index in [-0.39, 0.29) is 0 Å². The first-order chi connectivity index (χ1) is 8.11. The summed E-state index contributed by atoms with van der Waals surface area (Å²) in [6, 6.07) is 0. The molecule has 0 aliphatic carbocycles. The van der Waals surface area contributed by atoms with E-state index in [9.17, 15) is 19.2 Å². The summed E-state index contributed by atoms with van der Waals surface area (Å²) in [5.74, 6) is -8.35. The summed E-state index contributed by atoms with van der Waals surface area (Å²) < 4.78 is 0. The van der Waals surface area contributed by atoms with Gasteiger partial charge in [0, 0.05) is 0 Å². The smallest absolute Gasteiger partial charge is 0.397 e. The third-order valence-electron chi connectivity index (χ3n) is 1.74. The van der Waals surface area contributed by atoms with Crippen LogP contribution >= 0.6 is 0 Å². The highest BCUT2D eigenvalue weighted by Crippen LogP contribution is 2.04. The second-order valence-electron chi connectivity index (χ2n) is 2.98. The molecule has 0 spiro atoms. The van der Waals surface area contributed by atoms with Gasteiger partial charge in [0.15, 0.2) is 12.2 Å². The summed E-state index contributed by atoms with van der Waals surface area (Å²) in [4.78, 5) is 41.9. The molecule has 102 valence electrons. The Hall–Kier alpha value is -2.08. The first-order valence-electron chi connectivity index (χ1n) is 4.18. The van der Waals surface area contributed by atoms with Crippen LogP contribution in [0.25, 0.3) is 0 Å². The second-order valence-corrected chi connectivity index (χ2v) is 2.98. The van der Waals surface area contributed by atoms with Crippen LogP contribution in [0, 0.1) is 0 Å². The molecule has 11 heteroatoms. The Labute approximate surface area is 98.1 Å². The van der Waals surface area contributed by atoms with Gasteiger partial charge >= 0.3 is 17.8 Å². The molecule has 3 atom stereocenters. The van der Waals surface area contributed by atoms with Crippen molar-refractivity contribution in [3.8, 4) is 0 Å². The van der Waals surface area contributed by atoms with Gasteiger partial charge in [0.05, 0.1) is 0 Å². The van der Waals surface area contributed by atoms with Crippen LogP contribution in [0.4, 0.5) is 0 Å². The summed E-state index contributed by atoms with van der Waals surface area (Å²) in [5, 5.41) is 50.9. The molecule has 0 aromatic carbocycles. The Morgan fingerprint density at radius 3 is 1.67 bits per heavy atom. The molecule has 0 aromatic heterocycles. The van der Waals surface area contributed by atoms with E-state index in [1.54, 1.807) is 0 Å². The van der Waals surface area contributed by atoms with Gasteiger partial charge in [-0.3, -0.25) is 14.8 Å². The van der Waals surface area contributed by atoms with Crippen LogP contribution in [0.2, 0.25) is 0 Å². The second kappa shape index (κ2) is 6.02. The summed E-state index contributed by atoms with van der Waals surface area (Å²) >= 11 is 0. The molecule has 0 aromatic rings. The van der Waals surface area contributed by atoms with Crippen LogP contribution in [0.5, 0.6) is 0 Å². The van der Waals surface area contributed by atoms with Crippen molar-refractivity contribution in [2.45, 2.75) is 18.3 Å². The quantitative estimate of drug-likeness (QED) is 0.166. The lowest BCUT2D eigenvalue weighted by atomic mass is 10.1. The van der Waals surface area contributed by atoms with Crippen LogP contribution in [-0.2, 0) is 19.2 Å². The fourth-order valence-electron chi connectivity index (χ4n) is 0.781. The van der Waals surface area contributed by atoms with Gasteiger partial charge in [-0.1, -0.05) is 0 Å². The van der Waals surface area contributed by atoms with Crippen molar-refractivity contribution in [3.63, 3.8) is 0 Å². The molecule has 6 N–H and O–H groups in total. The first-order valence-corrected chi connectivity index (χ1v) is 4.18. The van der Waals surface area contributed by atoms with Crippen molar-refractivity contribution < 1.29 is 49.9 Å². The molecule has 0 aliphatic rings. The summed E-state index contributed by atoms with van der Waals surface area (Å²) in [6.45, 7) is 0. The Morgan fingerprint density at radius 2 is 1.33 bits per heavy atom. The Bertz CT molecular complexity index is 378. The van der Waals surface area contributed by atoms with E-state index in [1.165, 1.54) is 0 Å². The largest absolute Gasteiger partial charge is 0.479 e. The molecule has 0 saturated heterocycles. The van der Waals surface area contributed by atoms with Crippen LogP contribution in [0.3, 0.4) is 0 Å². The van der Waals surface area contributed by atoms with Gasteiger partial charge in [0.2, 0.25) is 0 Å². The predicted octanol–water partition coefficient (Wildman–Crippen LogP) is -4.02. The highest BCUT2D eigenvalue weighted by Gasteiger charge is 2.39. The SMILES string of the molecule is O=C(O)C(=O)N(O)C(=O)[C@@H](O)[C@H](O)C(O)C(=O)O. The zero-order valence-electron chi connectivity index (χ0n) is 8.50. The summed E-state index contributed by atoms with van der Waals surface area (Å²) in [7, 11) is 0. The fraction of sp³-hybridized carbons (Fsp3) is 0.429. The molecular formula is C7H9NO10. The number of hydroxylamine groups is 2. The Kier molecular flexibility index (Phi) is 5.32. The molecule has 0 rings (SSSR count). The maximum Gasteiger partial charge on any atom is 0.397 e. The number of aliphatic carboxylic acids is 2. The van der Waals surface area contributed by atoms with E-state index in [0.717, 1.165) is 0 Å². The first kappa shape index (κ1) is 15.9. The number of aliphatic hydroxyl groups excluding tert-OH is 3. The minimum Gasteiger partial charge on any atom is -0.479 e. The van der Waals surface area contributed by atoms with Gasteiger partial charge in [-0.15, -0.1) is 5.06 Å². The minimum absolute atomic E-state index is 1.02. The van der Waals surface area contributed by atoms with Gasteiger partial charge in [-0.2, -0.15) is 0 Å².